The summed E-state index contributed by atoms with van der Waals surface area (Å²) in [5.41, 5.74) is 3.40. The summed E-state index contributed by atoms with van der Waals surface area (Å²) in [5.74, 6) is 0.349. The summed E-state index contributed by atoms with van der Waals surface area (Å²) in [6.45, 7) is 1.90. The highest BCUT2D eigenvalue weighted by atomic mass is 127. The number of benzene rings is 2. The van der Waals surface area contributed by atoms with Crippen molar-refractivity contribution in [3.05, 3.63) is 62.5 Å². The maximum absolute atomic E-state index is 12.9. The van der Waals surface area contributed by atoms with Crippen LogP contribution in [-0.2, 0) is 4.74 Å². The van der Waals surface area contributed by atoms with Gasteiger partial charge in [-0.1, -0.05) is 30.3 Å². The number of amides is 1. The topological polar surface area (TPSA) is 73.2 Å². The Morgan fingerprint density at radius 2 is 2.00 bits per heavy atom. The highest BCUT2D eigenvalue weighted by molar-refractivity contribution is 14.1. The van der Waals surface area contributed by atoms with Crippen LogP contribution in [0, 0.1) is 3.57 Å². The molecule has 1 amide bonds. The Balaban J connectivity index is 2.26. The van der Waals surface area contributed by atoms with Gasteiger partial charge in [0.1, 0.15) is 0 Å². The fraction of sp³-hybridized carbons (Fsp3) is 0.118. The van der Waals surface area contributed by atoms with Crippen LogP contribution in [0.5, 0.6) is 0 Å². The number of nitrogens with one attached hydrogen (secondary N) is 1. The first-order valence-electron chi connectivity index (χ1n) is 7.31. The lowest BCUT2D eigenvalue weighted by molar-refractivity contribution is 0.164. The van der Waals surface area contributed by atoms with Crippen LogP contribution < -0.4 is 11.0 Å². The second-order valence-electron chi connectivity index (χ2n) is 4.94. The van der Waals surface area contributed by atoms with Crippen LogP contribution in [0.4, 0.5) is 4.79 Å². The predicted octanol–water partition coefficient (Wildman–Crippen LogP) is 3.37. The van der Waals surface area contributed by atoms with Gasteiger partial charge >= 0.3 is 6.09 Å². The van der Waals surface area contributed by atoms with Gasteiger partial charge in [0.25, 0.3) is 5.56 Å². The van der Waals surface area contributed by atoms with E-state index in [2.05, 4.69) is 33.0 Å². The molecular formula is C17H14IN3O3. The minimum absolute atomic E-state index is 0.208. The summed E-state index contributed by atoms with van der Waals surface area (Å²) in [4.78, 5) is 29.2. The molecule has 6 nitrogen and oxygen atoms in total. The number of fused-ring (bicyclic) bond motifs is 1. The van der Waals surface area contributed by atoms with Crippen LogP contribution in [0.1, 0.15) is 6.92 Å². The Bertz CT molecular complexity index is 954. The molecule has 0 aliphatic rings. The average Bonchev–Trinajstić information content (AvgIpc) is 2.59. The summed E-state index contributed by atoms with van der Waals surface area (Å²) in [6, 6.07) is 14.6. The van der Waals surface area contributed by atoms with Gasteiger partial charge in [-0.2, -0.15) is 4.68 Å². The van der Waals surface area contributed by atoms with Gasteiger partial charge in [0.2, 0.25) is 0 Å². The van der Waals surface area contributed by atoms with E-state index < -0.39 is 6.09 Å². The molecule has 0 spiro atoms. The van der Waals surface area contributed by atoms with E-state index >= 15 is 0 Å². The highest BCUT2D eigenvalue weighted by Gasteiger charge is 2.15. The van der Waals surface area contributed by atoms with Crippen molar-refractivity contribution in [3.63, 3.8) is 0 Å². The lowest BCUT2D eigenvalue weighted by atomic mass is 10.2. The van der Waals surface area contributed by atoms with Crippen LogP contribution in [0.3, 0.4) is 0 Å². The molecule has 0 unspecified atom stereocenters. The summed E-state index contributed by atoms with van der Waals surface area (Å²) >= 11 is 2.13. The molecule has 0 saturated heterocycles. The molecular weight excluding hydrogens is 421 g/mol. The van der Waals surface area contributed by atoms with Gasteiger partial charge in [-0.3, -0.25) is 4.79 Å². The van der Waals surface area contributed by atoms with Crippen molar-refractivity contribution >= 4 is 39.6 Å². The monoisotopic (exact) mass is 435 g/mol. The van der Waals surface area contributed by atoms with E-state index in [0.717, 1.165) is 8.25 Å². The number of carbonyl (C=O) groups is 1. The Labute approximate surface area is 151 Å². The van der Waals surface area contributed by atoms with E-state index in [4.69, 9.17) is 4.74 Å². The summed E-state index contributed by atoms with van der Waals surface area (Å²) in [6.07, 6.45) is -0.705. The second-order valence-corrected chi connectivity index (χ2v) is 6.18. The Hall–Kier alpha value is -2.42. The number of nitrogens with zero attached hydrogens (tertiary/aromatic N) is 2. The van der Waals surface area contributed by atoms with Crippen molar-refractivity contribution in [2.45, 2.75) is 6.92 Å². The number of hydrogen-bond acceptors (Lipinski definition) is 4. The van der Waals surface area contributed by atoms with Gasteiger partial charge in [0, 0.05) is 9.13 Å². The molecule has 122 valence electrons. The molecule has 3 aromatic rings. The van der Waals surface area contributed by atoms with Gasteiger partial charge in [0.15, 0.2) is 5.82 Å². The standard InChI is InChI=1S/C17H14IN3O3/c1-2-24-17(23)20-21-15(11-6-4-3-5-7-11)19-14-9-8-12(18)10-13(14)16(21)22/h3-10H,2H2,1H3,(H,20,23). The summed E-state index contributed by atoms with van der Waals surface area (Å²) < 4.78 is 6.93. The SMILES string of the molecule is CCOC(=O)Nn1c(-c2ccccc2)nc2ccc(I)cc2c1=O. The van der Waals surface area contributed by atoms with Crippen molar-refractivity contribution < 1.29 is 9.53 Å². The molecule has 0 saturated carbocycles. The zero-order valence-corrected chi connectivity index (χ0v) is 15.0. The molecule has 1 aromatic heterocycles. The van der Waals surface area contributed by atoms with Crippen LogP contribution >= 0.6 is 22.6 Å². The van der Waals surface area contributed by atoms with Gasteiger partial charge in [-0.15, -0.1) is 0 Å². The Kier molecular flexibility index (Phi) is 4.79. The second kappa shape index (κ2) is 7.00. The zero-order chi connectivity index (χ0) is 17.1. The maximum atomic E-state index is 12.9. The molecule has 0 atom stereocenters. The van der Waals surface area contributed by atoms with E-state index in [1.165, 1.54) is 0 Å². The number of ether oxygens (including phenoxy) is 1. The summed E-state index contributed by atoms with van der Waals surface area (Å²) in [5, 5.41) is 0.429. The van der Waals surface area contributed by atoms with E-state index in [9.17, 15) is 9.59 Å². The molecule has 0 bridgehead atoms. The minimum atomic E-state index is -0.705. The predicted molar refractivity (Wildman–Crippen MR) is 101 cm³/mol. The highest BCUT2D eigenvalue weighted by Crippen LogP contribution is 2.19. The third kappa shape index (κ3) is 3.25. The third-order valence-corrected chi connectivity index (χ3v) is 4.01. The summed E-state index contributed by atoms with van der Waals surface area (Å²) in [7, 11) is 0. The van der Waals surface area contributed by atoms with Crippen molar-refractivity contribution in [2.75, 3.05) is 12.0 Å². The van der Waals surface area contributed by atoms with Gasteiger partial charge in [-0.05, 0) is 47.7 Å². The quantitative estimate of drug-likeness (QED) is 0.641. The van der Waals surface area contributed by atoms with Crippen molar-refractivity contribution in [1.82, 2.24) is 9.66 Å². The number of rotatable bonds is 3. The molecule has 1 N–H and O–H groups in total. The molecule has 7 heteroatoms. The fourth-order valence-electron chi connectivity index (χ4n) is 2.30. The van der Waals surface area contributed by atoms with Crippen LogP contribution in [0.15, 0.2) is 53.3 Å². The van der Waals surface area contributed by atoms with Gasteiger partial charge in [-0.25, -0.2) is 15.2 Å². The molecule has 2 aromatic carbocycles. The first-order chi connectivity index (χ1) is 11.6. The third-order valence-electron chi connectivity index (χ3n) is 3.34. The first-order valence-corrected chi connectivity index (χ1v) is 8.39. The van der Waals surface area contributed by atoms with E-state index in [1.807, 2.05) is 36.4 Å². The molecule has 0 aliphatic heterocycles. The number of hydrogen-bond donors (Lipinski definition) is 1. The molecule has 1 heterocycles. The average molecular weight is 435 g/mol. The number of aromatic nitrogens is 2. The van der Waals surface area contributed by atoms with Crippen LogP contribution in [-0.4, -0.2) is 22.4 Å². The normalized spacial score (nSPS) is 10.6. The molecule has 0 aliphatic carbocycles. The van der Waals surface area contributed by atoms with Gasteiger partial charge in [0.05, 0.1) is 17.5 Å². The Morgan fingerprint density at radius 3 is 2.71 bits per heavy atom. The minimum Gasteiger partial charge on any atom is -0.449 e. The molecule has 0 radical (unpaired) electrons. The lowest BCUT2D eigenvalue weighted by Gasteiger charge is -2.14. The number of halogens is 1. The van der Waals surface area contributed by atoms with E-state index in [1.54, 1.807) is 19.1 Å². The molecule has 24 heavy (non-hydrogen) atoms. The maximum Gasteiger partial charge on any atom is 0.426 e. The van der Waals surface area contributed by atoms with Crippen LogP contribution in [0.2, 0.25) is 0 Å². The zero-order valence-electron chi connectivity index (χ0n) is 12.8. The van der Waals surface area contributed by atoms with Crippen LogP contribution in [0.25, 0.3) is 22.3 Å². The first kappa shape index (κ1) is 16.4. The fourth-order valence-corrected chi connectivity index (χ4v) is 2.79. The largest absolute Gasteiger partial charge is 0.449 e. The molecule has 0 fully saturated rings. The Morgan fingerprint density at radius 1 is 1.25 bits per heavy atom. The number of carbonyl (C=O) groups excluding carboxylic acids is 1. The lowest BCUT2D eigenvalue weighted by Crippen LogP contribution is -2.35. The van der Waals surface area contributed by atoms with Gasteiger partial charge < -0.3 is 4.74 Å². The van der Waals surface area contributed by atoms with Crippen molar-refractivity contribution in [2.24, 2.45) is 0 Å². The van der Waals surface area contributed by atoms with E-state index in [0.29, 0.717) is 22.3 Å². The van der Waals surface area contributed by atoms with E-state index in [-0.39, 0.29) is 12.2 Å². The van der Waals surface area contributed by atoms with Crippen molar-refractivity contribution in [3.8, 4) is 11.4 Å². The smallest absolute Gasteiger partial charge is 0.426 e. The van der Waals surface area contributed by atoms with Crippen molar-refractivity contribution in [1.29, 1.82) is 0 Å². The molecule has 3 rings (SSSR count).